The highest BCUT2D eigenvalue weighted by atomic mass is 32.1. The van der Waals surface area contributed by atoms with Crippen molar-refractivity contribution in [1.82, 2.24) is 9.80 Å². The van der Waals surface area contributed by atoms with Gasteiger partial charge in [-0.15, -0.1) is 11.3 Å². The normalized spacial score (nSPS) is 18.0. The number of likely N-dealkylation sites (N-methyl/N-ethyl adjacent to an activating group) is 1. The van der Waals surface area contributed by atoms with Crippen LogP contribution in [0.1, 0.15) is 30.7 Å². The Labute approximate surface area is 129 Å². The number of likely N-dealkylation sites (tertiary alicyclic amines) is 1. The number of hydrogen-bond acceptors (Lipinski definition) is 4. The summed E-state index contributed by atoms with van der Waals surface area (Å²) in [6.07, 6.45) is 1.37. The third kappa shape index (κ3) is 4.04. The number of piperidine rings is 1. The van der Waals surface area contributed by atoms with Crippen LogP contribution in [0.25, 0.3) is 0 Å². The van der Waals surface area contributed by atoms with Crippen molar-refractivity contribution in [2.75, 3.05) is 26.7 Å². The Kier molecular flexibility index (Phi) is 5.36. The van der Waals surface area contributed by atoms with E-state index in [0.717, 1.165) is 0 Å². The van der Waals surface area contributed by atoms with Gasteiger partial charge in [0.1, 0.15) is 0 Å². The molecule has 2 amide bonds. The fourth-order valence-corrected chi connectivity index (χ4v) is 3.46. The number of rotatable bonds is 5. The first kappa shape index (κ1) is 16.0. The summed E-state index contributed by atoms with van der Waals surface area (Å²) in [5, 5.41) is 2.05. The van der Waals surface area contributed by atoms with E-state index in [1.807, 2.05) is 18.0 Å². The molecule has 1 fully saturated rings. The first-order valence-electron chi connectivity index (χ1n) is 7.29. The van der Waals surface area contributed by atoms with E-state index >= 15 is 0 Å². The lowest BCUT2D eigenvalue weighted by molar-refractivity contribution is -0.136. The standard InChI is InChI=1S/C15H23N3O2S/c1-11(13-4-3-9-21-13)17(2)10-14(19)18-7-5-12(6-8-18)15(16)20/h3-4,9,11-12H,5-8,10H2,1-2H3,(H2,16,20). The molecule has 1 aliphatic rings. The summed E-state index contributed by atoms with van der Waals surface area (Å²) in [5.74, 6) is -0.189. The van der Waals surface area contributed by atoms with Gasteiger partial charge in [-0.25, -0.2) is 0 Å². The number of thiophene rings is 1. The molecule has 5 nitrogen and oxygen atoms in total. The van der Waals surface area contributed by atoms with E-state index in [1.54, 1.807) is 11.3 Å². The van der Waals surface area contributed by atoms with Gasteiger partial charge in [-0.05, 0) is 38.3 Å². The van der Waals surface area contributed by atoms with Crippen LogP contribution >= 0.6 is 11.3 Å². The molecule has 2 heterocycles. The van der Waals surface area contributed by atoms with E-state index in [9.17, 15) is 9.59 Å². The summed E-state index contributed by atoms with van der Waals surface area (Å²) in [7, 11) is 1.97. The van der Waals surface area contributed by atoms with Crippen molar-refractivity contribution in [3.05, 3.63) is 22.4 Å². The third-order valence-electron chi connectivity index (χ3n) is 4.25. The molecule has 1 atom stereocenters. The van der Waals surface area contributed by atoms with E-state index in [1.165, 1.54) is 4.88 Å². The molecule has 0 saturated carbocycles. The number of amides is 2. The molecule has 2 N–H and O–H groups in total. The maximum atomic E-state index is 12.3. The van der Waals surface area contributed by atoms with Gasteiger partial charge in [0.15, 0.2) is 0 Å². The molecule has 0 aliphatic carbocycles. The minimum atomic E-state index is -0.245. The number of carbonyl (C=O) groups excluding carboxylic acids is 2. The Morgan fingerprint density at radius 1 is 1.48 bits per heavy atom. The number of primary amides is 1. The first-order valence-corrected chi connectivity index (χ1v) is 8.17. The Morgan fingerprint density at radius 2 is 2.14 bits per heavy atom. The molecule has 1 aromatic heterocycles. The van der Waals surface area contributed by atoms with Crippen molar-refractivity contribution in [1.29, 1.82) is 0 Å². The number of hydrogen-bond donors (Lipinski definition) is 1. The van der Waals surface area contributed by atoms with Gasteiger partial charge in [0.05, 0.1) is 6.54 Å². The minimum absolute atomic E-state index is 0.0724. The molecule has 1 saturated heterocycles. The van der Waals surface area contributed by atoms with Crippen LogP contribution in [0.5, 0.6) is 0 Å². The fraction of sp³-hybridized carbons (Fsp3) is 0.600. The lowest BCUT2D eigenvalue weighted by atomic mass is 9.96. The van der Waals surface area contributed by atoms with Gasteiger partial charge in [-0.1, -0.05) is 6.07 Å². The van der Waals surface area contributed by atoms with Gasteiger partial charge in [-0.2, -0.15) is 0 Å². The lowest BCUT2D eigenvalue weighted by Gasteiger charge is -2.33. The van der Waals surface area contributed by atoms with Gasteiger partial charge < -0.3 is 10.6 Å². The van der Waals surface area contributed by atoms with Crippen LogP contribution < -0.4 is 5.73 Å². The summed E-state index contributed by atoms with van der Waals surface area (Å²) in [5.41, 5.74) is 5.31. The van der Waals surface area contributed by atoms with Crippen LogP contribution in [-0.4, -0.2) is 48.3 Å². The molecular weight excluding hydrogens is 286 g/mol. The van der Waals surface area contributed by atoms with Gasteiger partial charge in [0.2, 0.25) is 11.8 Å². The average molecular weight is 309 g/mol. The summed E-state index contributed by atoms with van der Waals surface area (Å²) >= 11 is 1.71. The molecular formula is C15H23N3O2S. The monoisotopic (exact) mass is 309 g/mol. The maximum absolute atomic E-state index is 12.3. The van der Waals surface area contributed by atoms with Crippen LogP contribution in [0.15, 0.2) is 17.5 Å². The molecule has 1 aromatic rings. The van der Waals surface area contributed by atoms with Crippen molar-refractivity contribution in [3.63, 3.8) is 0 Å². The molecule has 0 bridgehead atoms. The second-order valence-electron chi connectivity index (χ2n) is 5.66. The molecule has 2 rings (SSSR count). The Balaban J connectivity index is 1.83. The Morgan fingerprint density at radius 3 is 2.67 bits per heavy atom. The smallest absolute Gasteiger partial charge is 0.236 e. The van der Waals surface area contributed by atoms with Crippen LogP contribution in [-0.2, 0) is 9.59 Å². The van der Waals surface area contributed by atoms with Crippen LogP contribution in [0.4, 0.5) is 0 Å². The summed E-state index contributed by atoms with van der Waals surface area (Å²) in [6.45, 7) is 3.78. The van der Waals surface area contributed by atoms with Gasteiger partial charge in [0.25, 0.3) is 0 Å². The number of nitrogens with two attached hydrogens (primary N) is 1. The Bertz CT molecular complexity index is 481. The zero-order chi connectivity index (χ0) is 15.4. The van der Waals surface area contributed by atoms with E-state index in [4.69, 9.17) is 5.73 Å². The molecule has 1 aliphatic heterocycles. The maximum Gasteiger partial charge on any atom is 0.236 e. The number of nitrogens with zero attached hydrogens (tertiary/aromatic N) is 2. The first-order chi connectivity index (χ1) is 9.99. The number of carbonyl (C=O) groups is 2. The summed E-state index contributed by atoms with van der Waals surface area (Å²) in [4.78, 5) is 28.6. The zero-order valence-corrected chi connectivity index (χ0v) is 13.4. The van der Waals surface area contributed by atoms with E-state index in [0.29, 0.717) is 32.5 Å². The third-order valence-corrected chi connectivity index (χ3v) is 5.29. The molecule has 6 heteroatoms. The van der Waals surface area contributed by atoms with Crippen molar-refractivity contribution in [2.24, 2.45) is 11.7 Å². The summed E-state index contributed by atoms with van der Waals surface area (Å²) < 4.78 is 0. The minimum Gasteiger partial charge on any atom is -0.369 e. The second-order valence-corrected chi connectivity index (χ2v) is 6.64. The van der Waals surface area contributed by atoms with Gasteiger partial charge >= 0.3 is 0 Å². The van der Waals surface area contributed by atoms with Crippen molar-refractivity contribution >= 4 is 23.2 Å². The second kappa shape index (κ2) is 7.04. The van der Waals surface area contributed by atoms with Crippen LogP contribution in [0.2, 0.25) is 0 Å². The van der Waals surface area contributed by atoms with E-state index in [2.05, 4.69) is 23.3 Å². The van der Waals surface area contributed by atoms with Crippen molar-refractivity contribution < 1.29 is 9.59 Å². The molecule has 1 unspecified atom stereocenters. The predicted octanol–water partition coefficient (Wildman–Crippen LogP) is 1.46. The average Bonchev–Trinajstić information content (AvgIpc) is 3.00. The van der Waals surface area contributed by atoms with Crippen LogP contribution in [0, 0.1) is 5.92 Å². The molecule has 0 spiro atoms. The largest absolute Gasteiger partial charge is 0.369 e. The van der Waals surface area contributed by atoms with Crippen molar-refractivity contribution in [2.45, 2.75) is 25.8 Å². The predicted molar refractivity (Wildman–Crippen MR) is 83.9 cm³/mol. The zero-order valence-electron chi connectivity index (χ0n) is 12.6. The van der Waals surface area contributed by atoms with E-state index in [-0.39, 0.29) is 23.8 Å². The lowest BCUT2D eigenvalue weighted by Crippen LogP contribution is -2.45. The quantitative estimate of drug-likeness (QED) is 0.895. The highest BCUT2D eigenvalue weighted by Gasteiger charge is 2.27. The topological polar surface area (TPSA) is 66.6 Å². The van der Waals surface area contributed by atoms with Crippen molar-refractivity contribution in [3.8, 4) is 0 Å². The molecule has 21 heavy (non-hydrogen) atoms. The molecule has 0 aromatic carbocycles. The fourth-order valence-electron chi connectivity index (χ4n) is 2.61. The van der Waals surface area contributed by atoms with Gasteiger partial charge in [0, 0.05) is 29.9 Å². The Hall–Kier alpha value is -1.40. The van der Waals surface area contributed by atoms with Gasteiger partial charge in [-0.3, -0.25) is 14.5 Å². The molecule has 0 radical (unpaired) electrons. The highest BCUT2D eigenvalue weighted by molar-refractivity contribution is 7.10. The molecule has 116 valence electrons. The summed E-state index contributed by atoms with van der Waals surface area (Å²) in [6, 6.07) is 4.35. The van der Waals surface area contributed by atoms with Crippen LogP contribution in [0.3, 0.4) is 0 Å². The highest BCUT2D eigenvalue weighted by Crippen LogP contribution is 2.23. The SMILES string of the molecule is CC(c1cccs1)N(C)CC(=O)N1CCC(C(N)=O)CC1. The van der Waals surface area contributed by atoms with E-state index < -0.39 is 0 Å².